The first-order chi connectivity index (χ1) is 8.58. The van der Waals surface area contributed by atoms with Gasteiger partial charge >= 0.3 is 0 Å². The van der Waals surface area contributed by atoms with E-state index in [0.29, 0.717) is 17.9 Å². The Morgan fingerprint density at radius 3 is 2.78 bits per heavy atom. The predicted molar refractivity (Wildman–Crippen MR) is 65.7 cm³/mol. The Balaban J connectivity index is 2.19. The van der Waals surface area contributed by atoms with Gasteiger partial charge < -0.3 is 0 Å². The van der Waals surface area contributed by atoms with Crippen molar-refractivity contribution in [3.8, 4) is 6.07 Å². The van der Waals surface area contributed by atoms with Gasteiger partial charge in [-0.25, -0.2) is 8.78 Å². The van der Waals surface area contributed by atoms with Crippen LogP contribution in [0.25, 0.3) is 0 Å². The monoisotopic (exact) mass is 249 g/mol. The molecule has 1 aliphatic carbocycles. The number of nitriles is 1. The van der Waals surface area contributed by atoms with Crippen molar-refractivity contribution in [1.82, 2.24) is 0 Å². The van der Waals surface area contributed by atoms with Crippen molar-refractivity contribution >= 4 is 0 Å². The average molecular weight is 249 g/mol. The van der Waals surface area contributed by atoms with Crippen LogP contribution in [0.2, 0.25) is 0 Å². The van der Waals surface area contributed by atoms with E-state index < -0.39 is 17.0 Å². The maximum absolute atomic E-state index is 13.6. The summed E-state index contributed by atoms with van der Waals surface area (Å²) in [6, 6.07) is 5.99. The molecule has 18 heavy (non-hydrogen) atoms. The third-order valence-electron chi connectivity index (χ3n) is 4.07. The zero-order chi connectivity index (χ0) is 13.2. The molecule has 0 radical (unpaired) electrons. The Morgan fingerprint density at radius 1 is 1.44 bits per heavy atom. The highest BCUT2D eigenvalue weighted by Gasteiger charge is 2.39. The van der Waals surface area contributed by atoms with Gasteiger partial charge in [-0.15, -0.1) is 0 Å². The normalized spacial score (nSPS) is 27.1. The van der Waals surface area contributed by atoms with Gasteiger partial charge in [0, 0.05) is 6.07 Å². The van der Waals surface area contributed by atoms with Gasteiger partial charge in [-0.05, 0) is 43.2 Å². The summed E-state index contributed by atoms with van der Waals surface area (Å²) in [7, 11) is 0. The molecule has 0 saturated heterocycles. The molecule has 3 heteroatoms. The number of benzene rings is 1. The molecule has 0 amide bonds. The number of nitrogens with zero attached hydrogens (tertiary/aromatic N) is 1. The van der Waals surface area contributed by atoms with Crippen LogP contribution in [-0.4, -0.2) is 0 Å². The highest BCUT2D eigenvalue weighted by molar-refractivity contribution is 5.23. The third-order valence-corrected chi connectivity index (χ3v) is 4.07. The van der Waals surface area contributed by atoms with Gasteiger partial charge in [-0.1, -0.05) is 19.4 Å². The molecule has 0 aromatic heterocycles. The molecular formula is C15H17F2N. The largest absolute Gasteiger partial charge is 0.207 e. The highest BCUT2D eigenvalue weighted by atomic mass is 19.1. The Bertz CT molecular complexity index is 478. The molecule has 2 atom stereocenters. The SMILES string of the molecule is CCC1CCC(C#N)(Cc2ccc(F)cc2F)C1. The lowest BCUT2D eigenvalue weighted by Crippen LogP contribution is -2.18. The lowest BCUT2D eigenvalue weighted by atomic mass is 9.80. The third kappa shape index (κ3) is 2.53. The molecule has 1 aromatic rings. The smallest absolute Gasteiger partial charge is 0.129 e. The molecule has 0 heterocycles. The van der Waals surface area contributed by atoms with Gasteiger partial charge in [0.25, 0.3) is 0 Å². The molecule has 1 nitrogen and oxygen atoms in total. The van der Waals surface area contributed by atoms with Gasteiger partial charge in [0.15, 0.2) is 0 Å². The first-order valence-corrected chi connectivity index (χ1v) is 6.44. The minimum atomic E-state index is -0.569. The molecule has 0 spiro atoms. The summed E-state index contributed by atoms with van der Waals surface area (Å²) in [5, 5.41) is 9.39. The molecule has 1 aromatic carbocycles. The second kappa shape index (κ2) is 5.06. The van der Waals surface area contributed by atoms with Crippen LogP contribution in [0.15, 0.2) is 18.2 Å². The second-order valence-electron chi connectivity index (χ2n) is 5.32. The summed E-state index contributed by atoms with van der Waals surface area (Å²) in [6.45, 7) is 2.12. The van der Waals surface area contributed by atoms with Crippen LogP contribution < -0.4 is 0 Å². The lowest BCUT2D eigenvalue weighted by Gasteiger charge is -2.21. The molecule has 96 valence electrons. The van der Waals surface area contributed by atoms with Crippen molar-refractivity contribution in [2.45, 2.75) is 39.0 Å². The fraction of sp³-hybridized carbons (Fsp3) is 0.533. The molecule has 1 fully saturated rings. The maximum atomic E-state index is 13.6. The van der Waals surface area contributed by atoms with E-state index in [4.69, 9.17) is 0 Å². The topological polar surface area (TPSA) is 23.8 Å². The van der Waals surface area contributed by atoms with Gasteiger partial charge in [-0.2, -0.15) is 5.26 Å². The van der Waals surface area contributed by atoms with Crippen LogP contribution in [-0.2, 0) is 6.42 Å². The Morgan fingerprint density at radius 2 is 2.22 bits per heavy atom. The summed E-state index contributed by atoms with van der Waals surface area (Å²) in [5.41, 5.74) is -0.00555. The standard InChI is InChI=1S/C15H17F2N/c1-2-11-5-6-15(8-11,10-18)9-12-3-4-13(16)7-14(12)17/h3-4,7,11H,2,5-6,8-9H2,1H3. The molecule has 2 rings (SSSR count). The van der Waals surface area contributed by atoms with Gasteiger partial charge in [0.1, 0.15) is 11.6 Å². The molecule has 0 N–H and O–H groups in total. The quantitative estimate of drug-likeness (QED) is 0.786. The van der Waals surface area contributed by atoms with Crippen molar-refractivity contribution in [3.05, 3.63) is 35.4 Å². The van der Waals surface area contributed by atoms with E-state index in [1.165, 1.54) is 12.1 Å². The Kier molecular flexibility index (Phi) is 3.65. The first kappa shape index (κ1) is 13.0. The van der Waals surface area contributed by atoms with Crippen LogP contribution in [0.1, 0.15) is 38.2 Å². The number of rotatable bonds is 3. The number of halogens is 2. The lowest BCUT2D eigenvalue weighted by molar-refractivity contribution is 0.374. The molecule has 0 bridgehead atoms. The van der Waals surface area contributed by atoms with Crippen LogP contribution in [0.5, 0.6) is 0 Å². The molecule has 1 aliphatic rings. The zero-order valence-electron chi connectivity index (χ0n) is 10.5. The molecule has 0 aliphatic heterocycles. The van der Waals surface area contributed by atoms with E-state index in [0.717, 1.165) is 31.7 Å². The molecule has 2 unspecified atom stereocenters. The average Bonchev–Trinajstić information content (AvgIpc) is 2.77. The Labute approximate surface area is 106 Å². The van der Waals surface area contributed by atoms with E-state index in [1.54, 1.807) is 0 Å². The van der Waals surface area contributed by atoms with E-state index in [-0.39, 0.29) is 0 Å². The van der Waals surface area contributed by atoms with Crippen LogP contribution in [0, 0.1) is 34.3 Å². The fourth-order valence-electron chi connectivity index (χ4n) is 2.92. The fourth-order valence-corrected chi connectivity index (χ4v) is 2.92. The number of hydrogen-bond acceptors (Lipinski definition) is 1. The highest BCUT2D eigenvalue weighted by Crippen LogP contribution is 2.45. The van der Waals surface area contributed by atoms with Crippen molar-refractivity contribution in [2.75, 3.05) is 0 Å². The zero-order valence-corrected chi connectivity index (χ0v) is 10.5. The summed E-state index contributed by atoms with van der Waals surface area (Å²) in [6.07, 6.45) is 4.14. The maximum Gasteiger partial charge on any atom is 0.129 e. The van der Waals surface area contributed by atoms with Gasteiger partial charge in [0.05, 0.1) is 11.5 Å². The number of hydrogen-bond donors (Lipinski definition) is 0. The Hall–Kier alpha value is -1.43. The second-order valence-corrected chi connectivity index (χ2v) is 5.32. The van der Waals surface area contributed by atoms with E-state index >= 15 is 0 Å². The minimum Gasteiger partial charge on any atom is -0.207 e. The molecule has 1 saturated carbocycles. The summed E-state index contributed by atoms with van der Waals surface area (Å²) in [4.78, 5) is 0. The van der Waals surface area contributed by atoms with Gasteiger partial charge in [0.2, 0.25) is 0 Å². The summed E-state index contributed by atoms with van der Waals surface area (Å²) < 4.78 is 26.5. The van der Waals surface area contributed by atoms with E-state index in [9.17, 15) is 14.0 Å². The van der Waals surface area contributed by atoms with Crippen LogP contribution in [0.3, 0.4) is 0 Å². The van der Waals surface area contributed by atoms with Crippen molar-refractivity contribution in [1.29, 1.82) is 5.26 Å². The summed E-state index contributed by atoms with van der Waals surface area (Å²) >= 11 is 0. The molecular weight excluding hydrogens is 232 g/mol. The van der Waals surface area contributed by atoms with Crippen molar-refractivity contribution in [3.63, 3.8) is 0 Å². The van der Waals surface area contributed by atoms with Crippen LogP contribution in [0.4, 0.5) is 8.78 Å². The van der Waals surface area contributed by atoms with E-state index in [1.807, 2.05) is 0 Å². The minimum absolute atomic E-state index is 0.395. The summed E-state index contributed by atoms with van der Waals surface area (Å²) in [5.74, 6) is -0.544. The predicted octanol–water partition coefficient (Wildman–Crippen LogP) is 4.23. The van der Waals surface area contributed by atoms with Gasteiger partial charge in [-0.3, -0.25) is 0 Å². The van der Waals surface area contributed by atoms with Crippen molar-refractivity contribution < 1.29 is 8.78 Å². The van der Waals surface area contributed by atoms with Crippen LogP contribution >= 0.6 is 0 Å². The van der Waals surface area contributed by atoms with E-state index in [2.05, 4.69) is 13.0 Å². The van der Waals surface area contributed by atoms with Crippen molar-refractivity contribution in [2.24, 2.45) is 11.3 Å². The first-order valence-electron chi connectivity index (χ1n) is 6.44.